The van der Waals surface area contributed by atoms with Gasteiger partial charge in [0.2, 0.25) is 5.15 Å². The highest BCUT2D eigenvalue weighted by Gasteiger charge is 2.30. The van der Waals surface area contributed by atoms with Crippen LogP contribution in [0.15, 0.2) is 6.33 Å². The van der Waals surface area contributed by atoms with Gasteiger partial charge in [0.05, 0.1) is 17.1 Å². The third kappa shape index (κ3) is 3.30. The van der Waals surface area contributed by atoms with Gasteiger partial charge in [-0.1, -0.05) is 11.6 Å². The van der Waals surface area contributed by atoms with E-state index in [4.69, 9.17) is 21.1 Å². The molecule has 2 heterocycles. The van der Waals surface area contributed by atoms with Gasteiger partial charge in [-0.2, -0.15) is 4.98 Å². The van der Waals surface area contributed by atoms with Crippen LogP contribution in [0.2, 0.25) is 5.15 Å². The number of rotatable bonds is 3. The van der Waals surface area contributed by atoms with Gasteiger partial charge in [0.25, 0.3) is 5.88 Å². The first-order valence-electron chi connectivity index (χ1n) is 5.94. The number of halogens is 1. The highest BCUT2D eigenvalue weighted by Crippen LogP contribution is 2.33. The van der Waals surface area contributed by atoms with Crippen molar-refractivity contribution in [2.75, 3.05) is 0 Å². The van der Waals surface area contributed by atoms with Crippen LogP contribution in [0, 0.1) is 10.1 Å². The Balaban J connectivity index is 2.19. The predicted molar refractivity (Wildman–Crippen MR) is 67.4 cm³/mol. The maximum atomic E-state index is 10.9. The number of nitro groups is 1. The summed E-state index contributed by atoms with van der Waals surface area (Å²) in [6.45, 7) is 3.88. The number of hydrogen-bond donors (Lipinski definition) is 0. The van der Waals surface area contributed by atoms with Crippen molar-refractivity contribution in [1.82, 2.24) is 9.97 Å². The van der Waals surface area contributed by atoms with E-state index in [9.17, 15) is 10.1 Å². The molecule has 2 atom stereocenters. The third-order valence-electron chi connectivity index (χ3n) is 2.86. The van der Waals surface area contributed by atoms with Gasteiger partial charge in [-0.05, 0) is 13.8 Å². The van der Waals surface area contributed by atoms with E-state index in [-0.39, 0.29) is 29.3 Å². The molecule has 104 valence electrons. The van der Waals surface area contributed by atoms with Crippen molar-refractivity contribution in [2.45, 2.75) is 45.0 Å². The van der Waals surface area contributed by atoms with E-state index >= 15 is 0 Å². The molecule has 0 amide bonds. The average Bonchev–Trinajstić information content (AvgIpc) is 2.26. The van der Waals surface area contributed by atoms with Crippen LogP contribution >= 0.6 is 11.6 Å². The molecule has 0 aliphatic carbocycles. The molecule has 1 aliphatic heterocycles. The van der Waals surface area contributed by atoms with Crippen molar-refractivity contribution >= 4 is 17.3 Å². The van der Waals surface area contributed by atoms with Gasteiger partial charge in [-0.15, -0.1) is 0 Å². The van der Waals surface area contributed by atoms with Gasteiger partial charge in [-0.3, -0.25) is 10.1 Å². The lowest BCUT2D eigenvalue weighted by Gasteiger charge is -2.31. The zero-order valence-corrected chi connectivity index (χ0v) is 11.3. The van der Waals surface area contributed by atoms with Gasteiger partial charge in [0.1, 0.15) is 12.4 Å². The third-order valence-corrected chi connectivity index (χ3v) is 3.14. The lowest BCUT2D eigenvalue weighted by Crippen LogP contribution is -2.36. The molecule has 2 rings (SSSR count). The van der Waals surface area contributed by atoms with Gasteiger partial charge in [0, 0.05) is 12.8 Å². The Bertz CT molecular complexity index is 475. The lowest BCUT2D eigenvalue weighted by molar-refractivity contribution is -0.386. The van der Waals surface area contributed by atoms with Crippen molar-refractivity contribution in [2.24, 2.45) is 0 Å². The minimum atomic E-state index is -0.635. The summed E-state index contributed by atoms with van der Waals surface area (Å²) in [7, 11) is 0. The van der Waals surface area contributed by atoms with Crippen molar-refractivity contribution in [3.63, 3.8) is 0 Å². The molecule has 0 aromatic carbocycles. The summed E-state index contributed by atoms with van der Waals surface area (Å²) < 4.78 is 11.2. The Morgan fingerprint density at radius 2 is 2.05 bits per heavy atom. The first-order chi connectivity index (χ1) is 8.97. The molecule has 8 heteroatoms. The van der Waals surface area contributed by atoms with Crippen molar-refractivity contribution in [1.29, 1.82) is 0 Å². The SMILES string of the molecule is CC1CC(Oc2ncnc(Cl)c2[N+](=O)[O-])CC(C)O1. The zero-order chi connectivity index (χ0) is 14.0. The minimum absolute atomic E-state index is 0.0464. The fourth-order valence-electron chi connectivity index (χ4n) is 2.18. The second-order valence-corrected chi connectivity index (χ2v) is 4.90. The molecule has 7 nitrogen and oxygen atoms in total. The number of nitrogens with zero attached hydrogens (tertiary/aromatic N) is 3. The Morgan fingerprint density at radius 3 is 2.63 bits per heavy atom. The van der Waals surface area contributed by atoms with Gasteiger partial charge in [-0.25, -0.2) is 4.98 Å². The first kappa shape index (κ1) is 14.0. The van der Waals surface area contributed by atoms with Crippen LogP contribution in [0.1, 0.15) is 26.7 Å². The topological polar surface area (TPSA) is 87.4 Å². The molecule has 1 fully saturated rings. The van der Waals surface area contributed by atoms with Crippen LogP contribution in [-0.4, -0.2) is 33.2 Å². The number of aromatic nitrogens is 2. The summed E-state index contributed by atoms with van der Waals surface area (Å²) in [6, 6.07) is 0. The average molecular weight is 288 g/mol. The summed E-state index contributed by atoms with van der Waals surface area (Å²) in [5.41, 5.74) is -0.393. The van der Waals surface area contributed by atoms with Crippen molar-refractivity contribution < 1.29 is 14.4 Å². The first-order valence-corrected chi connectivity index (χ1v) is 6.32. The van der Waals surface area contributed by atoms with Crippen molar-refractivity contribution in [3.8, 4) is 5.88 Å². The largest absolute Gasteiger partial charge is 0.469 e. The second kappa shape index (κ2) is 5.66. The summed E-state index contributed by atoms with van der Waals surface area (Å²) in [5, 5.41) is 10.7. The van der Waals surface area contributed by atoms with Crippen LogP contribution in [-0.2, 0) is 4.74 Å². The number of ether oxygens (including phenoxy) is 2. The van der Waals surface area contributed by atoms with E-state index < -0.39 is 10.6 Å². The maximum Gasteiger partial charge on any atom is 0.367 e. The standard InChI is InChI=1S/C11H14ClN3O4/c1-6-3-8(4-7(2)18-6)19-11-9(15(16)17)10(12)13-5-14-11/h5-8H,3-4H2,1-2H3. The minimum Gasteiger partial charge on any atom is -0.469 e. The Labute approximate surface area is 115 Å². The zero-order valence-electron chi connectivity index (χ0n) is 10.6. The van der Waals surface area contributed by atoms with Gasteiger partial charge < -0.3 is 9.47 Å². The molecule has 1 aliphatic rings. The van der Waals surface area contributed by atoms with E-state index in [0.29, 0.717) is 12.8 Å². The summed E-state index contributed by atoms with van der Waals surface area (Å²) in [4.78, 5) is 17.7. The van der Waals surface area contributed by atoms with Crippen molar-refractivity contribution in [3.05, 3.63) is 21.6 Å². The molecular formula is C11H14ClN3O4. The van der Waals surface area contributed by atoms with E-state index in [0.717, 1.165) is 6.33 Å². The van der Waals surface area contributed by atoms with Crippen LogP contribution in [0.5, 0.6) is 5.88 Å². The van der Waals surface area contributed by atoms with E-state index in [1.165, 1.54) is 0 Å². The molecule has 0 spiro atoms. The monoisotopic (exact) mass is 287 g/mol. The lowest BCUT2D eigenvalue weighted by atomic mass is 10.0. The normalized spacial score (nSPS) is 27.0. The Morgan fingerprint density at radius 1 is 1.42 bits per heavy atom. The molecule has 19 heavy (non-hydrogen) atoms. The molecule has 0 N–H and O–H groups in total. The van der Waals surface area contributed by atoms with Gasteiger partial charge >= 0.3 is 5.69 Å². The van der Waals surface area contributed by atoms with Gasteiger partial charge in [0.15, 0.2) is 0 Å². The van der Waals surface area contributed by atoms with Crippen LogP contribution in [0.3, 0.4) is 0 Å². The molecule has 0 saturated carbocycles. The molecule has 2 unspecified atom stereocenters. The molecule has 1 aromatic rings. The predicted octanol–water partition coefficient (Wildman–Crippen LogP) is 2.37. The summed E-state index contributed by atoms with van der Waals surface area (Å²) in [5.74, 6) is -0.0868. The van der Waals surface area contributed by atoms with Crippen LogP contribution < -0.4 is 4.74 Å². The number of hydrogen-bond acceptors (Lipinski definition) is 6. The molecule has 0 radical (unpaired) electrons. The van der Waals surface area contributed by atoms with E-state index in [1.54, 1.807) is 0 Å². The second-order valence-electron chi connectivity index (χ2n) is 4.54. The molecular weight excluding hydrogens is 274 g/mol. The van der Waals surface area contributed by atoms with Crippen LogP contribution in [0.4, 0.5) is 5.69 Å². The fourth-order valence-corrected chi connectivity index (χ4v) is 2.37. The maximum absolute atomic E-state index is 10.9. The van der Waals surface area contributed by atoms with E-state index in [2.05, 4.69) is 9.97 Å². The highest BCUT2D eigenvalue weighted by molar-refractivity contribution is 6.31. The molecule has 0 bridgehead atoms. The summed E-state index contributed by atoms with van der Waals surface area (Å²) in [6.07, 6.45) is 2.38. The quantitative estimate of drug-likeness (QED) is 0.482. The highest BCUT2D eigenvalue weighted by atomic mass is 35.5. The molecule has 1 aromatic heterocycles. The fraction of sp³-hybridized carbons (Fsp3) is 0.636. The Hall–Kier alpha value is -1.47. The Kier molecular flexibility index (Phi) is 4.16. The molecule has 1 saturated heterocycles. The van der Waals surface area contributed by atoms with Crippen LogP contribution in [0.25, 0.3) is 0 Å². The summed E-state index contributed by atoms with van der Waals surface area (Å²) >= 11 is 5.70. The van der Waals surface area contributed by atoms with E-state index in [1.807, 2.05) is 13.8 Å². The smallest absolute Gasteiger partial charge is 0.367 e.